The first-order valence-corrected chi connectivity index (χ1v) is 6.48. The summed E-state index contributed by atoms with van der Waals surface area (Å²) in [4.78, 5) is 13.4. The maximum Gasteiger partial charge on any atom is 0.248 e. The lowest BCUT2D eigenvalue weighted by Crippen LogP contribution is -2.48. The Hall–Kier alpha value is -1.10. The predicted octanol–water partition coefficient (Wildman–Crippen LogP) is 1.23. The second kappa shape index (κ2) is 5.69. The molecule has 1 aromatic rings. The molecule has 0 bridgehead atoms. The van der Waals surface area contributed by atoms with E-state index in [2.05, 4.69) is 17.1 Å². The lowest BCUT2D eigenvalue weighted by Gasteiger charge is -2.32. The average molecular weight is 268 g/mol. The molecule has 98 valence electrons. The number of hydrogen-bond acceptors (Lipinski definition) is 3. The Balaban J connectivity index is 2.07. The molecule has 0 unspecified atom stereocenters. The Labute approximate surface area is 112 Å². The lowest BCUT2D eigenvalue weighted by molar-refractivity contribution is 0.100. The zero-order valence-electron chi connectivity index (χ0n) is 10.4. The number of piperazine rings is 1. The Morgan fingerprint density at radius 2 is 2.39 bits per heavy atom. The van der Waals surface area contributed by atoms with Gasteiger partial charge in [-0.3, -0.25) is 9.69 Å². The van der Waals surface area contributed by atoms with Gasteiger partial charge in [-0.2, -0.15) is 0 Å². The van der Waals surface area contributed by atoms with Crippen molar-refractivity contribution in [2.75, 3.05) is 19.6 Å². The molecule has 4 nitrogen and oxygen atoms in total. The second-order valence-corrected chi connectivity index (χ2v) is 5.17. The zero-order chi connectivity index (χ0) is 13.1. The third kappa shape index (κ3) is 3.22. The minimum atomic E-state index is -0.445. The van der Waals surface area contributed by atoms with Crippen molar-refractivity contribution in [1.82, 2.24) is 10.2 Å². The third-order valence-corrected chi connectivity index (χ3v) is 3.54. The quantitative estimate of drug-likeness (QED) is 0.866. The van der Waals surface area contributed by atoms with E-state index >= 15 is 0 Å². The van der Waals surface area contributed by atoms with Crippen LogP contribution in [0.4, 0.5) is 0 Å². The summed E-state index contributed by atoms with van der Waals surface area (Å²) in [6.45, 7) is 6.00. The van der Waals surface area contributed by atoms with Crippen molar-refractivity contribution in [3.05, 3.63) is 34.3 Å². The molecule has 0 aliphatic carbocycles. The van der Waals surface area contributed by atoms with Gasteiger partial charge in [-0.25, -0.2) is 0 Å². The maximum absolute atomic E-state index is 11.0. The SMILES string of the molecule is C[C@@H]1CN(Cc2ccc(C(N)=O)cc2Cl)CCN1. The van der Waals surface area contributed by atoms with E-state index in [4.69, 9.17) is 17.3 Å². The summed E-state index contributed by atoms with van der Waals surface area (Å²) in [6.07, 6.45) is 0. The van der Waals surface area contributed by atoms with Crippen LogP contribution >= 0.6 is 11.6 Å². The van der Waals surface area contributed by atoms with E-state index in [1.807, 2.05) is 6.07 Å². The summed E-state index contributed by atoms with van der Waals surface area (Å²) in [5, 5.41) is 4.01. The number of halogens is 1. The summed E-state index contributed by atoms with van der Waals surface area (Å²) in [5.74, 6) is -0.445. The summed E-state index contributed by atoms with van der Waals surface area (Å²) in [6, 6.07) is 5.76. The smallest absolute Gasteiger partial charge is 0.248 e. The Kier molecular flexibility index (Phi) is 4.22. The normalized spacial score (nSPS) is 20.9. The number of primary amides is 1. The van der Waals surface area contributed by atoms with Crippen molar-refractivity contribution in [3.63, 3.8) is 0 Å². The van der Waals surface area contributed by atoms with Crippen LogP contribution in [0.2, 0.25) is 5.02 Å². The number of nitrogens with two attached hydrogens (primary N) is 1. The largest absolute Gasteiger partial charge is 0.366 e. The molecule has 1 atom stereocenters. The van der Waals surface area contributed by atoms with E-state index in [0.717, 1.165) is 31.7 Å². The maximum atomic E-state index is 11.0. The van der Waals surface area contributed by atoms with E-state index in [1.165, 1.54) is 0 Å². The standard InChI is InChI=1S/C13H18ClN3O/c1-9-7-17(5-4-16-9)8-11-3-2-10(13(15)18)6-12(11)14/h2-3,6,9,16H,4-5,7-8H2,1H3,(H2,15,18)/t9-/m1/s1. The van der Waals surface area contributed by atoms with Crippen LogP contribution in [0.5, 0.6) is 0 Å². The molecule has 1 heterocycles. The fourth-order valence-corrected chi connectivity index (χ4v) is 2.47. The Morgan fingerprint density at radius 1 is 1.61 bits per heavy atom. The molecule has 0 spiro atoms. The zero-order valence-corrected chi connectivity index (χ0v) is 11.2. The molecule has 0 radical (unpaired) electrons. The molecular formula is C13H18ClN3O. The van der Waals surface area contributed by atoms with E-state index in [9.17, 15) is 4.79 Å². The fourth-order valence-electron chi connectivity index (χ4n) is 2.23. The molecule has 1 aliphatic rings. The van der Waals surface area contributed by atoms with Crippen LogP contribution in [0.15, 0.2) is 18.2 Å². The van der Waals surface area contributed by atoms with Crippen LogP contribution in [0.3, 0.4) is 0 Å². The van der Waals surface area contributed by atoms with Gasteiger partial charge in [0.25, 0.3) is 0 Å². The van der Waals surface area contributed by atoms with Gasteiger partial charge in [-0.1, -0.05) is 17.7 Å². The minimum absolute atomic E-state index is 0.445. The number of carbonyl (C=O) groups is 1. The number of nitrogens with zero attached hydrogens (tertiary/aromatic N) is 1. The van der Waals surface area contributed by atoms with Crippen LogP contribution < -0.4 is 11.1 Å². The van der Waals surface area contributed by atoms with Crippen molar-refractivity contribution in [1.29, 1.82) is 0 Å². The van der Waals surface area contributed by atoms with Crippen LogP contribution in [-0.2, 0) is 6.54 Å². The topological polar surface area (TPSA) is 58.4 Å². The van der Waals surface area contributed by atoms with Crippen molar-refractivity contribution in [2.45, 2.75) is 19.5 Å². The van der Waals surface area contributed by atoms with Crippen LogP contribution in [0.25, 0.3) is 0 Å². The highest BCUT2D eigenvalue weighted by Gasteiger charge is 2.16. The van der Waals surface area contributed by atoms with E-state index in [0.29, 0.717) is 16.6 Å². The number of nitrogens with one attached hydrogen (secondary N) is 1. The van der Waals surface area contributed by atoms with Gasteiger partial charge in [0.15, 0.2) is 0 Å². The van der Waals surface area contributed by atoms with Gasteiger partial charge < -0.3 is 11.1 Å². The summed E-state index contributed by atoms with van der Waals surface area (Å²) >= 11 is 6.18. The molecule has 1 aromatic carbocycles. The molecule has 1 saturated heterocycles. The second-order valence-electron chi connectivity index (χ2n) is 4.76. The third-order valence-electron chi connectivity index (χ3n) is 3.18. The number of rotatable bonds is 3. The highest BCUT2D eigenvalue weighted by Crippen LogP contribution is 2.20. The highest BCUT2D eigenvalue weighted by molar-refractivity contribution is 6.31. The van der Waals surface area contributed by atoms with Crippen LogP contribution in [0, 0.1) is 0 Å². The van der Waals surface area contributed by atoms with Gasteiger partial charge in [-0.05, 0) is 24.6 Å². The molecular weight excluding hydrogens is 250 g/mol. The first-order valence-electron chi connectivity index (χ1n) is 6.10. The van der Waals surface area contributed by atoms with Crippen LogP contribution in [-0.4, -0.2) is 36.5 Å². The van der Waals surface area contributed by atoms with E-state index < -0.39 is 5.91 Å². The average Bonchev–Trinajstić information content (AvgIpc) is 2.31. The van der Waals surface area contributed by atoms with Crippen molar-refractivity contribution >= 4 is 17.5 Å². The summed E-state index contributed by atoms with van der Waals surface area (Å²) in [5.41, 5.74) is 6.71. The van der Waals surface area contributed by atoms with Gasteiger partial charge in [0.1, 0.15) is 0 Å². The van der Waals surface area contributed by atoms with Gasteiger partial charge >= 0.3 is 0 Å². The molecule has 0 saturated carbocycles. The van der Waals surface area contributed by atoms with Gasteiger partial charge in [0.05, 0.1) is 0 Å². The van der Waals surface area contributed by atoms with Crippen molar-refractivity contribution in [2.24, 2.45) is 5.73 Å². The number of hydrogen-bond donors (Lipinski definition) is 2. The van der Waals surface area contributed by atoms with Crippen molar-refractivity contribution < 1.29 is 4.79 Å². The fraction of sp³-hybridized carbons (Fsp3) is 0.462. The molecule has 5 heteroatoms. The minimum Gasteiger partial charge on any atom is -0.366 e. The van der Waals surface area contributed by atoms with Gasteiger partial charge in [0.2, 0.25) is 5.91 Å². The predicted molar refractivity (Wildman–Crippen MR) is 72.7 cm³/mol. The first-order chi connectivity index (χ1) is 8.56. The van der Waals surface area contributed by atoms with E-state index in [1.54, 1.807) is 12.1 Å². The molecule has 0 aromatic heterocycles. The van der Waals surface area contributed by atoms with Crippen LogP contribution in [0.1, 0.15) is 22.8 Å². The molecule has 2 rings (SSSR count). The molecule has 1 fully saturated rings. The molecule has 1 aliphatic heterocycles. The number of benzene rings is 1. The molecule has 1 amide bonds. The number of amides is 1. The summed E-state index contributed by atoms with van der Waals surface area (Å²) < 4.78 is 0. The molecule has 3 N–H and O–H groups in total. The van der Waals surface area contributed by atoms with Crippen molar-refractivity contribution in [3.8, 4) is 0 Å². The number of carbonyl (C=O) groups excluding carboxylic acids is 1. The Bertz CT molecular complexity index is 450. The van der Waals surface area contributed by atoms with Gasteiger partial charge in [0, 0.05) is 42.8 Å². The molecule has 18 heavy (non-hydrogen) atoms. The summed E-state index contributed by atoms with van der Waals surface area (Å²) in [7, 11) is 0. The van der Waals surface area contributed by atoms with Gasteiger partial charge in [-0.15, -0.1) is 0 Å². The Morgan fingerprint density at radius 3 is 3.00 bits per heavy atom. The monoisotopic (exact) mass is 267 g/mol. The first kappa shape index (κ1) is 13.3. The lowest BCUT2D eigenvalue weighted by atomic mass is 10.1. The highest BCUT2D eigenvalue weighted by atomic mass is 35.5. The van der Waals surface area contributed by atoms with E-state index in [-0.39, 0.29) is 0 Å².